The number of ether oxygens (including phenoxy) is 1. The number of hydrogen-bond acceptors (Lipinski definition) is 3. The summed E-state index contributed by atoms with van der Waals surface area (Å²) in [5.41, 5.74) is 1.07. The Hall–Kier alpha value is -1.41. The van der Waals surface area contributed by atoms with Crippen LogP contribution in [0.1, 0.15) is 10.4 Å². The van der Waals surface area contributed by atoms with Crippen LogP contribution in [0.15, 0.2) is 53.0 Å². The lowest BCUT2D eigenvalue weighted by molar-refractivity contribution is -0.119. The normalized spacial score (nSPS) is 10.0. The van der Waals surface area contributed by atoms with Crippen LogP contribution in [0.5, 0.6) is 0 Å². The quantitative estimate of drug-likeness (QED) is 0.558. The van der Waals surface area contributed by atoms with Gasteiger partial charge in [0.05, 0.1) is 5.56 Å². The third-order valence-electron chi connectivity index (χ3n) is 2.54. The predicted molar refractivity (Wildman–Crippen MR) is 92.2 cm³/mol. The van der Waals surface area contributed by atoms with Gasteiger partial charge in [-0.1, -0.05) is 15.9 Å². The monoisotopic (exact) mass is 459 g/mol. The Morgan fingerprint density at radius 2 is 1.67 bits per heavy atom. The maximum Gasteiger partial charge on any atom is 0.338 e. The molecule has 0 spiro atoms. The van der Waals surface area contributed by atoms with Crippen molar-refractivity contribution in [1.29, 1.82) is 0 Å². The predicted octanol–water partition coefficient (Wildman–Crippen LogP) is 3.85. The summed E-state index contributed by atoms with van der Waals surface area (Å²) < 4.78 is 6.90. The highest BCUT2D eigenvalue weighted by Crippen LogP contribution is 2.12. The number of rotatable bonds is 4. The van der Waals surface area contributed by atoms with Gasteiger partial charge >= 0.3 is 5.97 Å². The summed E-state index contributed by atoms with van der Waals surface area (Å²) in [6.07, 6.45) is 0. The molecule has 0 aliphatic carbocycles. The second-order valence-corrected chi connectivity index (χ2v) is 6.30. The van der Waals surface area contributed by atoms with E-state index in [9.17, 15) is 9.59 Å². The van der Waals surface area contributed by atoms with Crippen molar-refractivity contribution >= 4 is 56.1 Å². The highest BCUT2D eigenvalue weighted by molar-refractivity contribution is 14.1. The Morgan fingerprint density at radius 1 is 1.05 bits per heavy atom. The average Bonchev–Trinajstić information content (AvgIpc) is 2.48. The first-order valence-electron chi connectivity index (χ1n) is 6.03. The standard InChI is InChI=1S/C15H11BrINO3/c16-11-3-1-10(2-4-11)15(20)21-9-14(19)18-13-7-5-12(17)6-8-13/h1-8H,9H2,(H,18,19). The lowest BCUT2D eigenvalue weighted by Gasteiger charge is -2.07. The molecular weight excluding hydrogens is 449 g/mol. The van der Waals surface area contributed by atoms with Gasteiger partial charge in [0.2, 0.25) is 0 Å². The van der Waals surface area contributed by atoms with Crippen LogP contribution < -0.4 is 5.32 Å². The largest absolute Gasteiger partial charge is 0.452 e. The van der Waals surface area contributed by atoms with E-state index in [4.69, 9.17) is 4.74 Å². The molecule has 0 atom stereocenters. The fourth-order valence-corrected chi connectivity index (χ4v) is 2.15. The summed E-state index contributed by atoms with van der Waals surface area (Å²) in [6.45, 7) is -0.319. The van der Waals surface area contributed by atoms with Crippen LogP contribution in [0.3, 0.4) is 0 Å². The Bertz CT molecular complexity index is 641. The molecule has 1 amide bonds. The number of hydrogen-bond donors (Lipinski definition) is 1. The van der Waals surface area contributed by atoms with Gasteiger partial charge in [0.25, 0.3) is 5.91 Å². The van der Waals surface area contributed by atoms with Crippen LogP contribution in [-0.4, -0.2) is 18.5 Å². The zero-order chi connectivity index (χ0) is 15.2. The Balaban J connectivity index is 1.84. The molecule has 0 aliphatic heterocycles. The van der Waals surface area contributed by atoms with E-state index in [0.717, 1.165) is 8.04 Å². The number of halogens is 2. The molecule has 2 rings (SSSR count). The van der Waals surface area contributed by atoms with Crippen LogP contribution in [-0.2, 0) is 9.53 Å². The molecule has 2 aromatic rings. The summed E-state index contributed by atoms with van der Waals surface area (Å²) in [5, 5.41) is 2.66. The SMILES string of the molecule is O=C(COC(=O)c1ccc(Br)cc1)Nc1ccc(I)cc1. The molecule has 4 nitrogen and oxygen atoms in total. The third kappa shape index (κ3) is 5.13. The van der Waals surface area contributed by atoms with E-state index in [2.05, 4.69) is 43.8 Å². The molecule has 0 aliphatic rings. The first-order valence-corrected chi connectivity index (χ1v) is 7.90. The minimum atomic E-state index is -0.528. The highest BCUT2D eigenvalue weighted by atomic mass is 127. The first-order chi connectivity index (χ1) is 10.0. The van der Waals surface area contributed by atoms with Crippen molar-refractivity contribution in [2.45, 2.75) is 0 Å². The molecule has 0 heterocycles. The minimum Gasteiger partial charge on any atom is -0.452 e. The molecule has 6 heteroatoms. The van der Waals surface area contributed by atoms with E-state index >= 15 is 0 Å². The average molecular weight is 460 g/mol. The lowest BCUT2D eigenvalue weighted by Crippen LogP contribution is -2.20. The molecule has 21 heavy (non-hydrogen) atoms. The van der Waals surface area contributed by atoms with E-state index in [1.807, 2.05) is 12.1 Å². The van der Waals surface area contributed by atoms with E-state index < -0.39 is 5.97 Å². The van der Waals surface area contributed by atoms with Crippen molar-refractivity contribution in [3.05, 3.63) is 62.1 Å². The number of anilines is 1. The summed E-state index contributed by atoms with van der Waals surface area (Å²) in [7, 11) is 0. The van der Waals surface area contributed by atoms with Gasteiger partial charge in [0.1, 0.15) is 0 Å². The molecule has 0 saturated heterocycles. The van der Waals surface area contributed by atoms with Crippen LogP contribution in [0.2, 0.25) is 0 Å². The van der Waals surface area contributed by atoms with Gasteiger partial charge in [0.15, 0.2) is 6.61 Å². The molecule has 0 bridgehead atoms. The fraction of sp³-hybridized carbons (Fsp3) is 0.0667. The Kier molecular flexibility index (Phi) is 5.75. The van der Waals surface area contributed by atoms with Gasteiger partial charge in [-0.2, -0.15) is 0 Å². The zero-order valence-electron chi connectivity index (χ0n) is 10.8. The Labute approximate surface area is 144 Å². The number of esters is 1. The van der Waals surface area contributed by atoms with Gasteiger partial charge < -0.3 is 10.1 Å². The van der Waals surface area contributed by atoms with Gasteiger partial charge in [0, 0.05) is 13.7 Å². The third-order valence-corrected chi connectivity index (χ3v) is 3.79. The zero-order valence-corrected chi connectivity index (χ0v) is 14.6. The summed E-state index contributed by atoms with van der Waals surface area (Å²) in [5.74, 6) is -0.901. The van der Waals surface area contributed by atoms with Crippen LogP contribution >= 0.6 is 38.5 Å². The molecule has 108 valence electrons. The summed E-state index contributed by atoms with van der Waals surface area (Å²) in [6, 6.07) is 14.1. The molecular formula is C15H11BrINO3. The molecule has 0 saturated carbocycles. The lowest BCUT2D eigenvalue weighted by atomic mass is 10.2. The van der Waals surface area contributed by atoms with Gasteiger partial charge in [-0.15, -0.1) is 0 Å². The Morgan fingerprint density at radius 3 is 2.29 bits per heavy atom. The number of carbonyl (C=O) groups excluding carboxylic acids is 2. The number of amides is 1. The second-order valence-electron chi connectivity index (χ2n) is 4.14. The minimum absolute atomic E-state index is 0.319. The second kappa shape index (κ2) is 7.56. The van der Waals surface area contributed by atoms with E-state index in [1.54, 1.807) is 36.4 Å². The number of nitrogens with one attached hydrogen (secondary N) is 1. The molecule has 1 N–H and O–H groups in total. The van der Waals surface area contributed by atoms with Crippen molar-refractivity contribution in [2.24, 2.45) is 0 Å². The van der Waals surface area contributed by atoms with E-state index in [1.165, 1.54) is 0 Å². The molecule has 0 unspecified atom stereocenters. The van der Waals surface area contributed by atoms with Crippen molar-refractivity contribution < 1.29 is 14.3 Å². The maximum atomic E-state index is 11.7. The number of carbonyl (C=O) groups is 2. The fourth-order valence-electron chi connectivity index (χ4n) is 1.53. The smallest absolute Gasteiger partial charge is 0.338 e. The molecule has 2 aromatic carbocycles. The van der Waals surface area contributed by atoms with Crippen LogP contribution in [0, 0.1) is 3.57 Å². The van der Waals surface area contributed by atoms with Crippen LogP contribution in [0.25, 0.3) is 0 Å². The van der Waals surface area contributed by atoms with Crippen molar-refractivity contribution in [3.8, 4) is 0 Å². The maximum absolute atomic E-state index is 11.7. The van der Waals surface area contributed by atoms with Crippen LogP contribution in [0.4, 0.5) is 5.69 Å². The van der Waals surface area contributed by atoms with E-state index in [0.29, 0.717) is 11.3 Å². The van der Waals surface area contributed by atoms with Gasteiger partial charge in [-0.05, 0) is 71.1 Å². The molecule has 0 fully saturated rings. The van der Waals surface area contributed by atoms with Crippen molar-refractivity contribution in [3.63, 3.8) is 0 Å². The first kappa shape index (κ1) is 16.0. The summed E-state index contributed by atoms with van der Waals surface area (Å²) >= 11 is 5.46. The van der Waals surface area contributed by atoms with Gasteiger partial charge in [-0.25, -0.2) is 4.79 Å². The molecule has 0 radical (unpaired) electrons. The van der Waals surface area contributed by atoms with Gasteiger partial charge in [-0.3, -0.25) is 4.79 Å². The molecule has 0 aromatic heterocycles. The van der Waals surface area contributed by atoms with E-state index in [-0.39, 0.29) is 12.5 Å². The topological polar surface area (TPSA) is 55.4 Å². The van der Waals surface area contributed by atoms with Crippen molar-refractivity contribution in [1.82, 2.24) is 0 Å². The highest BCUT2D eigenvalue weighted by Gasteiger charge is 2.10. The van der Waals surface area contributed by atoms with Crippen molar-refractivity contribution in [2.75, 3.05) is 11.9 Å². The number of benzene rings is 2. The summed E-state index contributed by atoms with van der Waals surface area (Å²) in [4.78, 5) is 23.4.